The summed E-state index contributed by atoms with van der Waals surface area (Å²) in [5, 5.41) is 7.93. The molecule has 6 rings (SSSR count). The molecule has 8 nitrogen and oxygen atoms in total. The third-order valence-corrected chi connectivity index (χ3v) is 9.45. The summed E-state index contributed by atoms with van der Waals surface area (Å²) in [7, 11) is 0. The van der Waals surface area contributed by atoms with Gasteiger partial charge in [-0.15, -0.1) is 23.1 Å². The van der Waals surface area contributed by atoms with Crippen molar-refractivity contribution >= 4 is 69.0 Å². The number of thioether (sulfide) groups is 1. The molecule has 0 aliphatic carbocycles. The maximum Gasteiger partial charge on any atom is 0.259 e. The molecular formula is C28H22Cl2N4O4S2. The minimum atomic E-state index is -0.549. The molecule has 2 aromatic heterocycles. The lowest BCUT2D eigenvalue weighted by Gasteiger charge is -2.52. The quantitative estimate of drug-likeness (QED) is 0.276. The van der Waals surface area contributed by atoms with Gasteiger partial charge in [-0.1, -0.05) is 29.3 Å². The van der Waals surface area contributed by atoms with Gasteiger partial charge < -0.3 is 19.9 Å². The monoisotopic (exact) mass is 612 g/mol. The molecular weight excluding hydrogens is 591 g/mol. The summed E-state index contributed by atoms with van der Waals surface area (Å²) in [5.74, 6) is 0.525. The Kier molecular flexibility index (Phi) is 7.35. The lowest BCUT2D eigenvalue weighted by atomic mass is 9.99. The number of aromatic amines is 1. The lowest BCUT2D eigenvalue weighted by Crippen LogP contribution is -2.72. The van der Waals surface area contributed by atoms with Gasteiger partial charge in [-0.05, 0) is 65.7 Å². The highest BCUT2D eigenvalue weighted by molar-refractivity contribution is 8.02. The number of halogens is 2. The molecule has 0 radical (unpaired) electrons. The van der Waals surface area contributed by atoms with E-state index in [-0.39, 0.29) is 41.8 Å². The van der Waals surface area contributed by atoms with Gasteiger partial charge in [0.25, 0.3) is 5.56 Å². The average molecular weight is 614 g/mol. The fourth-order valence-corrected chi connectivity index (χ4v) is 7.16. The van der Waals surface area contributed by atoms with Crippen molar-refractivity contribution < 1.29 is 14.3 Å². The van der Waals surface area contributed by atoms with E-state index < -0.39 is 6.04 Å². The number of H-pyrrole nitrogens is 1. The Bertz CT molecular complexity index is 1720. The second kappa shape index (κ2) is 10.9. The van der Waals surface area contributed by atoms with Crippen LogP contribution in [0.15, 0.2) is 69.7 Å². The Morgan fingerprint density at radius 2 is 1.95 bits per heavy atom. The first-order valence-electron chi connectivity index (χ1n) is 12.4. The third kappa shape index (κ3) is 5.12. The zero-order valence-corrected chi connectivity index (χ0v) is 24.2. The van der Waals surface area contributed by atoms with Crippen molar-refractivity contribution in [3.8, 4) is 17.1 Å². The smallest absolute Gasteiger partial charge is 0.259 e. The zero-order chi connectivity index (χ0) is 28.0. The highest BCUT2D eigenvalue weighted by Crippen LogP contribution is 2.40. The number of nitrogens with one attached hydrogen (secondary N) is 2. The Morgan fingerprint density at radius 3 is 2.75 bits per heavy atom. The number of aromatic nitrogens is 2. The predicted octanol–water partition coefficient (Wildman–Crippen LogP) is 5.25. The molecule has 2 N–H and O–H groups in total. The van der Waals surface area contributed by atoms with Crippen LogP contribution in [0.3, 0.4) is 0 Å². The van der Waals surface area contributed by atoms with Crippen LogP contribution in [-0.2, 0) is 16.0 Å². The number of nitrogens with zero attached hydrogens (tertiary/aromatic N) is 2. The van der Waals surface area contributed by atoms with Crippen LogP contribution in [0.25, 0.3) is 22.3 Å². The van der Waals surface area contributed by atoms with Crippen molar-refractivity contribution in [1.82, 2.24) is 20.2 Å². The van der Waals surface area contributed by atoms with Gasteiger partial charge in [0.1, 0.15) is 29.6 Å². The van der Waals surface area contributed by atoms with E-state index in [2.05, 4.69) is 15.3 Å². The second-order valence-corrected chi connectivity index (χ2v) is 12.3. The number of rotatable bonds is 7. The van der Waals surface area contributed by atoms with Crippen LogP contribution in [0.5, 0.6) is 5.75 Å². The minimum Gasteiger partial charge on any atom is -0.488 e. The summed E-state index contributed by atoms with van der Waals surface area (Å²) in [5.41, 5.74) is 1.61. The van der Waals surface area contributed by atoms with Gasteiger partial charge in [-0.25, -0.2) is 4.98 Å². The van der Waals surface area contributed by atoms with Gasteiger partial charge in [0.05, 0.1) is 28.9 Å². The summed E-state index contributed by atoms with van der Waals surface area (Å²) < 4.78 is 6.19. The molecule has 2 aliphatic heterocycles. The predicted molar refractivity (Wildman–Crippen MR) is 159 cm³/mol. The second-order valence-electron chi connectivity index (χ2n) is 9.45. The fraction of sp³-hybridized carbons (Fsp3) is 0.214. The normalized spacial score (nSPS) is 20.1. The molecule has 2 aromatic carbocycles. The standard InChI is InChI=1S/C28H22Cl2N4O4S2/c1-14-15(13-40-28-24(27(37)34(14)28)32-23(35)11-18-3-2-8-39-18)12-38-22-7-5-17(30)10-20(22)25-31-21-6-4-16(29)9-19(21)26(36)33-25/h2-10,13-14,24,28H,11-12H2,1H3,(H,32,35)(H,31,33,36). The van der Waals surface area contributed by atoms with Gasteiger partial charge in [0.2, 0.25) is 11.8 Å². The van der Waals surface area contributed by atoms with Crippen molar-refractivity contribution in [2.24, 2.45) is 0 Å². The van der Waals surface area contributed by atoms with Crippen molar-refractivity contribution in [1.29, 1.82) is 0 Å². The molecule has 1 saturated heterocycles. The van der Waals surface area contributed by atoms with E-state index in [0.29, 0.717) is 38.1 Å². The maximum atomic E-state index is 13.0. The molecule has 12 heteroatoms. The van der Waals surface area contributed by atoms with Crippen molar-refractivity contribution in [2.45, 2.75) is 30.8 Å². The Morgan fingerprint density at radius 1 is 1.15 bits per heavy atom. The maximum absolute atomic E-state index is 13.0. The first-order valence-corrected chi connectivity index (χ1v) is 15.0. The van der Waals surface area contributed by atoms with Crippen LogP contribution in [-0.4, -0.2) is 50.7 Å². The zero-order valence-electron chi connectivity index (χ0n) is 21.0. The summed E-state index contributed by atoms with van der Waals surface area (Å²) in [4.78, 5) is 48.3. The van der Waals surface area contributed by atoms with Crippen LogP contribution in [0.2, 0.25) is 10.0 Å². The third-order valence-electron chi connectivity index (χ3n) is 6.88. The average Bonchev–Trinajstić information content (AvgIpc) is 3.44. The van der Waals surface area contributed by atoms with Gasteiger partial charge in [0, 0.05) is 14.9 Å². The first kappa shape index (κ1) is 26.9. The van der Waals surface area contributed by atoms with Gasteiger partial charge in [-0.2, -0.15) is 0 Å². The van der Waals surface area contributed by atoms with Crippen LogP contribution in [0.1, 0.15) is 11.8 Å². The number of benzene rings is 2. The molecule has 4 aromatic rings. The van der Waals surface area contributed by atoms with E-state index in [9.17, 15) is 14.4 Å². The number of ether oxygens (including phenoxy) is 1. The molecule has 0 spiro atoms. The summed E-state index contributed by atoms with van der Waals surface area (Å²) in [6.07, 6.45) is 0.262. The number of carbonyl (C=O) groups is 2. The van der Waals surface area contributed by atoms with E-state index in [1.807, 2.05) is 29.8 Å². The summed E-state index contributed by atoms with van der Waals surface area (Å²) in [6.45, 7) is 2.15. The van der Waals surface area contributed by atoms with Gasteiger partial charge in [0.15, 0.2) is 0 Å². The van der Waals surface area contributed by atoms with Crippen LogP contribution < -0.4 is 15.6 Å². The SMILES string of the molecule is CC1C(COc2ccc(Cl)cc2-c2nc3ccc(Cl)cc3c(=O)[nH]2)=CSC2C(NC(=O)Cc3cccs3)C(=O)N12. The number of amides is 2. The Hall–Kier alpha value is -3.31. The topological polar surface area (TPSA) is 104 Å². The van der Waals surface area contributed by atoms with E-state index in [1.54, 1.807) is 41.3 Å². The molecule has 3 unspecified atom stereocenters. The molecule has 0 bridgehead atoms. The number of β-lactam (4-membered cyclic amide) rings is 1. The summed E-state index contributed by atoms with van der Waals surface area (Å²) >= 11 is 15.3. The van der Waals surface area contributed by atoms with Gasteiger partial charge in [-0.3, -0.25) is 14.4 Å². The Balaban J connectivity index is 1.17. The molecule has 40 heavy (non-hydrogen) atoms. The lowest BCUT2D eigenvalue weighted by molar-refractivity contribution is -0.150. The van der Waals surface area contributed by atoms with E-state index in [1.165, 1.54) is 23.1 Å². The molecule has 204 valence electrons. The van der Waals surface area contributed by atoms with Crippen molar-refractivity contribution in [3.05, 3.63) is 90.2 Å². The van der Waals surface area contributed by atoms with E-state index >= 15 is 0 Å². The number of hydrogen-bond acceptors (Lipinski definition) is 7. The van der Waals surface area contributed by atoms with E-state index in [0.717, 1.165) is 10.5 Å². The van der Waals surface area contributed by atoms with Crippen molar-refractivity contribution in [2.75, 3.05) is 6.61 Å². The number of thiophene rings is 1. The van der Waals surface area contributed by atoms with Gasteiger partial charge >= 0.3 is 0 Å². The number of hydrogen-bond donors (Lipinski definition) is 2. The molecule has 2 aliphatic rings. The van der Waals surface area contributed by atoms with Crippen LogP contribution in [0, 0.1) is 0 Å². The highest BCUT2D eigenvalue weighted by Gasteiger charge is 2.52. The van der Waals surface area contributed by atoms with E-state index in [4.69, 9.17) is 27.9 Å². The molecule has 0 saturated carbocycles. The molecule has 4 heterocycles. The fourth-order valence-electron chi connectivity index (χ4n) is 4.77. The summed E-state index contributed by atoms with van der Waals surface area (Å²) in [6, 6.07) is 13.1. The highest BCUT2D eigenvalue weighted by atomic mass is 35.5. The number of carbonyl (C=O) groups excluding carboxylic acids is 2. The minimum absolute atomic E-state index is 0.111. The largest absolute Gasteiger partial charge is 0.488 e. The van der Waals surface area contributed by atoms with Crippen molar-refractivity contribution in [3.63, 3.8) is 0 Å². The first-order chi connectivity index (χ1) is 19.3. The number of fused-ring (bicyclic) bond motifs is 2. The van der Waals surface area contributed by atoms with Crippen LogP contribution >= 0.6 is 46.3 Å². The Labute approximate surface area is 247 Å². The molecule has 1 fully saturated rings. The molecule has 2 amide bonds. The van der Waals surface area contributed by atoms with Crippen LogP contribution in [0.4, 0.5) is 0 Å². The molecule has 3 atom stereocenters.